The third kappa shape index (κ3) is 3.93. The molecule has 2 aromatic carbocycles. The first kappa shape index (κ1) is 20.5. The van der Waals surface area contributed by atoms with E-state index in [1.165, 1.54) is 0 Å². The highest BCUT2D eigenvalue weighted by Gasteiger charge is 2.45. The number of anilines is 1. The van der Waals surface area contributed by atoms with Gasteiger partial charge in [-0.3, -0.25) is 14.4 Å². The van der Waals surface area contributed by atoms with Crippen LogP contribution in [0.2, 0.25) is 0 Å². The summed E-state index contributed by atoms with van der Waals surface area (Å²) in [6, 6.07) is 14.4. The Morgan fingerprint density at radius 2 is 1.72 bits per heavy atom. The molecule has 2 heterocycles. The van der Waals surface area contributed by atoms with E-state index in [1.54, 1.807) is 11.0 Å². The molecule has 0 radical (unpaired) electrons. The highest BCUT2D eigenvalue weighted by Crippen LogP contribution is 2.31. The van der Waals surface area contributed by atoms with E-state index < -0.39 is 6.04 Å². The van der Waals surface area contributed by atoms with Gasteiger partial charge in [0.05, 0.1) is 17.3 Å². The second kappa shape index (κ2) is 8.61. The predicted molar refractivity (Wildman–Crippen MR) is 124 cm³/mol. The Bertz CT molecular complexity index is 1070. The van der Waals surface area contributed by atoms with Crippen molar-refractivity contribution in [1.82, 2.24) is 10.2 Å². The molecule has 1 saturated heterocycles. The summed E-state index contributed by atoms with van der Waals surface area (Å²) in [5.74, 6) is -0.357. The van der Waals surface area contributed by atoms with Crippen molar-refractivity contribution in [2.45, 2.75) is 44.2 Å². The van der Waals surface area contributed by atoms with E-state index >= 15 is 0 Å². The van der Waals surface area contributed by atoms with Crippen LogP contribution in [0, 0.1) is 5.92 Å². The van der Waals surface area contributed by atoms with Crippen molar-refractivity contribution in [2.75, 3.05) is 11.9 Å². The average molecular weight is 430 g/mol. The number of carbonyl (C=O) groups excluding carboxylic acids is 3. The maximum atomic E-state index is 13.4. The van der Waals surface area contributed by atoms with Crippen molar-refractivity contribution < 1.29 is 14.4 Å². The van der Waals surface area contributed by atoms with Gasteiger partial charge in [-0.1, -0.05) is 61.4 Å². The molecule has 2 aromatic rings. The molecule has 2 atom stereocenters. The number of hydrogen-bond donors (Lipinski definition) is 2. The highest BCUT2D eigenvalue weighted by molar-refractivity contribution is 6.11. The fourth-order valence-corrected chi connectivity index (χ4v) is 5.05. The van der Waals surface area contributed by atoms with E-state index in [4.69, 9.17) is 0 Å². The van der Waals surface area contributed by atoms with Gasteiger partial charge >= 0.3 is 0 Å². The quantitative estimate of drug-likeness (QED) is 0.728. The van der Waals surface area contributed by atoms with Crippen LogP contribution in [0.25, 0.3) is 12.2 Å². The van der Waals surface area contributed by atoms with E-state index in [0.29, 0.717) is 24.2 Å². The first-order chi connectivity index (χ1) is 15.6. The number of carbonyl (C=O) groups is 3. The van der Waals surface area contributed by atoms with Gasteiger partial charge in [-0.25, -0.2) is 0 Å². The summed E-state index contributed by atoms with van der Waals surface area (Å²) >= 11 is 0. The molecular weight excluding hydrogens is 402 g/mol. The van der Waals surface area contributed by atoms with Gasteiger partial charge in [0.25, 0.3) is 5.91 Å². The number of rotatable bonds is 4. The molecule has 3 aliphatic rings. The molecule has 6 nitrogen and oxygen atoms in total. The third-order valence-electron chi connectivity index (χ3n) is 6.78. The Kier molecular flexibility index (Phi) is 5.52. The van der Waals surface area contributed by atoms with Gasteiger partial charge in [-0.05, 0) is 42.5 Å². The number of amides is 3. The van der Waals surface area contributed by atoms with Crippen LogP contribution in [0.1, 0.15) is 53.6 Å². The van der Waals surface area contributed by atoms with Crippen molar-refractivity contribution in [1.29, 1.82) is 0 Å². The summed E-state index contributed by atoms with van der Waals surface area (Å²) in [6.45, 7) is 0.454. The first-order valence-electron chi connectivity index (χ1n) is 11.4. The van der Waals surface area contributed by atoms with Crippen LogP contribution in [0.3, 0.4) is 0 Å². The molecule has 6 heteroatoms. The molecule has 1 saturated carbocycles. The molecule has 32 heavy (non-hydrogen) atoms. The Hall–Kier alpha value is -3.41. The third-order valence-corrected chi connectivity index (χ3v) is 6.78. The zero-order valence-electron chi connectivity index (χ0n) is 17.9. The van der Waals surface area contributed by atoms with E-state index in [2.05, 4.69) is 10.6 Å². The van der Waals surface area contributed by atoms with Gasteiger partial charge in [0.1, 0.15) is 6.04 Å². The largest absolute Gasteiger partial charge is 0.350 e. The maximum absolute atomic E-state index is 13.4. The van der Waals surface area contributed by atoms with Crippen LogP contribution in [0.15, 0.2) is 48.5 Å². The second-order valence-electron chi connectivity index (χ2n) is 8.87. The van der Waals surface area contributed by atoms with Crippen LogP contribution in [-0.4, -0.2) is 41.2 Å². The fraction of sp³-hybridized carbons (Fsp3) is 0.346. The smallest absolute Gasteiger partial charge is 0.256 e. The molecule has 2 unspecified atom stereocenters. The van der Waals surface area contributed by atoms with Gasteiger partial charge in [-0.2, -0.15) is 0 Å². The molecular formula is C26H27N3O3. The SMILES string of the molecule is O=C(NC1CCN2C(=O)c3cc(C=Cc4ccccc4)ccc3NC(=O)C12)C1CCCC1. The summed E-state index contributed by atoms with van der Waals surface area (Å²) < 4.78 is 0. The van der Waals surface area contributed by atoms with E-state index in [0.717, 1.165) is 36.8 Å². The van der Waals surface area contributed by atoms with Crippen molar-refractivity contribution in [3.05, 3.63) is 65.2 Å². The van der Waals surface area contributed by atoms with E-state index in [-0.39, 0.29) is 29.7 Å². The van der Waals surface area contributed by atoms with E-state index in [1.807, 2.05) is 54.6 Å². The number of nitrogens with zero attached hydrogens (tertiary/aromatic N) is 1. The summed E-state index contributed by atoms with van der Waals surface area (Å²) in [4.78, 5) is 40.7. The summed E-state index contributed by atoms with van der Waals surface area (Å²) in [7, 11) is 0. The molecule has 0 bridgehead atoms. The van der Waals surface area contributed by atoms with Crippen molar-refractivity contribution in [2.24, 2.45) is 5.92 Å². The van der Waals surface area contributed by atoms with Crippen LogP contribution in [-0.2, 0) is 9.59 Å². The van der Waals surface area contributed by atoms with Crippen LogP contribution < -0.4 is 10.6 Å². The normalized spacial score (nSPS) is 23.1. The van der Waals surface area contributed by atoms with Gasteiger partial charge in [0, 0.05) is 12.5 Å². The standard InChI is InChI=1S/C26H27N3O3/c30-24(19-8-4-5-9-19)28-22-14-15-29-23(22)25(31)27-21-13-12-18(16-20(21)26(29)32)11-10-17-6-2-1-3-7-17/h1-3,6-7,10-13,16,19,22-23H,4-5,8-9,14-15H2,(H,27,31)(H,28,30). The molecule has 3 amide bonds. The number of fused-ring (bicyclic) bond motifs is 2. The number of hydrogen-bond acceptors (Lipinski definition) is 3. The van der Waals surface area contributed by atoms with Crippen molar-refractivity contribution in [3.63, 3.8) is 0 Å². The van der Waals surface area contributed by atoms with Gasteiger partial charge in [0.2, 0.25) is 11.8 Å². The lowest BCUT2D eigenvalue weighted by Crippen LogP contribution is -2.52. The lowest BCUT2D eigenvalue weighted by atomic mass is 10.0. The van der Waals surface area contributed by atoms with Gasteiger partial charge in [0.15, 0.2) is 0 Å². The van der Waals surface area contributed by atoms with Crippen LogP contribution in [0.5, 0.6) is 0 Å². The Morgan fingerprint density at radius 3 is 2.50 bits per heavy atom. The lowest BCUT2D eigenvalue weighted by molar-refractivity contribution is -0.126. The molecule has 2 N–H and O–H groups in total. The molecule has 0 aromatic heterocycles. The van der Waals surface area contributed by atoms with Gasteiger partial charge < -0.3 is 15.5 Å². The molecule has 0 spiro atoms. The average Bonchev–Trinajstić information content (AvgIpc) is 3.47. The fourth-order valence-electron chi connectivity index (χ4n) is 5.05. The molecule has 164 valence electrons. The monoisotopic (exact) mass is 429 g/mol. The summed E-state index contributed by atoms with van der Waals surface area (Å²) in [5, 5.41) is 5.99. The Balaban J connectivity index is 1.36. The van der Waals surface area contributed by atoms with Crippen molar-refractivity contribution in [3.8, 4) is 0 Å². The molecule has 2 fully saturated rings. The zero-order chi connectivity index (χ0) is 22.1. The minimum atomic E-state index is -0.677. The zero-order valence-corrected chi connectivity index (χ0v) is 17.9. The number of benzene rings is 2. The first-order valence-corrected chi connectivity index (χ1v) is 11.4. The van der Waals surface area contributed by atoms with Crippen molar-refractivity contribution >= 4 is 35.6 Å². The van der Waals surface area contributed by atoms with Crippen LogP contribution in [0.4, 0.5) is 5.69 Å². The Labute approximate surface area is 187 Å². The molecule has 2 aliphatic heterocycles. The second-order valence-corrected chi connectivity index (χ2v) is 8.87. The number of nitrogens with one attached hydrogen (secondary N) is 2. The predicted octanol–water partition coefficient (Wildman–Crippen LogP) is 3.70. The van der Waals surface area contributed by atoms with Crippen LogP contribution >= 0.6 is 0 Å². The van der Waals surface area contributed by atoms with E-state index in [9.17, 15) is 14.4 Å². The highest BCUT2D eigenvalue weighted by atomic mass is 16.2. The molecule has 5 rings (SSSR count). The minimum absolute atomic E-state index is 0.0182. The summed E-state index contributed by atoms with van der Waals surface area (Å²) in [6.07, 6.45) is 8.51. The summed E-state index contributed by atoms with van der Waals surface area (Å²) in [5.41, 5.74) is 2.97. The lowest BCUT2D eigenvalue weighted by Gasteiger charge is -2.25. The minimum Gasteiger partial charge on any atom is -0.350 e. The van der Waals surface area contributed by atoms with Gasteiger partial charge in [-0.15, -0.1) is 0 Å². The Morgan fingerprint density at radius 1 is 0.969 bits per heavy atom. The topological polar surface area (TPSA) is 78.5 Å². The molecule has 1 aliphatic carbocycles. The maximum Gasteiger partial charge on any atom is 0.256 e.